The van der Waals surface area contributed by atoms with Gasteiger partial charge in [-0.2, -0.15) is 0 Å². The first-order valence-electron chi connectivity index (χ1n) is 11.8. The van der Waals surface area contributed by atoms with Crippen molar-refractivity contribution in [2.75, 3.05) is 45.1 Å². The van der Waals surface area contributed by atoms with Crippen molar-refractivity contribution in [2.45, 2.75) is 19.8 Å². The van der Waals surface area contributed by atoms with Crippen molar-refractivity contribution >= 4 is 56.1 Å². The van der Waals surface area contributed by atoms with Gasteiger partial charge in [-0.15, -0.1) is 11.3 Å². The molecule has 3 aromatic heterocycles. The first-order valence-corrected chi connectivity index (χ1v) is 12.7. The van der Waals surface area contributed by atoms with E-state index >= 15 is 0 Å². The molecular weight excluding hydrogens is 460 g/mol. The Morgan fingerprint density at radius 1 is 1.26 bits per heavy atom. The van der Waals surface area contributed by atoms with Crippen molar-refractivity contribution in [1.82, 2.24) is 29.7 Å². The summed E-state index contributed by atoms with van der Waals surface area (Å²) in [4.78, 5) is 31.4. The third-order valence-electron chi connectivity index (χ3n) is 5.87. The van der Waals surface area contributed by atoms with E-state index in [2.05, 4.69) is 62.3 Å². The lowest BCUT2D eigenvalue weighted by atomic mass is 10.1. The van der Waals surface area contributed by atoms with Crippen LogP contribution in [0, 0.1) is 0 Å². The summed E-state index contributed by atoms with van der Waals surface area (Å²) in [5, 5.41) is 4.34. The Balaban J connectivity index is 0.000000314. The predicted octanol–water partition coefficient (Wildman–Crippen LogP) is 3.84. The quantitative estimate of drug-likeness (QED) is 0.320. The lowest BCUT2D eigenvalue weighted by Gasteiger charge is -2.21. The molecule has 1 amide bonds. The molecule has 0 radical (unpaired) electrons. The highest BCUT2D eigenvalue weighted by Crippen LogP contribution is 2.30. The number of likely N-dealkylation sites (N-methyl/N-ethyl adjacent to an activating group) is 1. The Kier molecular flexibility index (Phi) is 8.40. The first kappa shape index (κ1) is 24.8. The molecule has 0 unspecified atom stereocenters. The summed E-state index contributed by atoms with van der Waals surface area (Å²) < 4.78 is 1.13. The molecule has 4 heterocycles. The third-order valence-corrected chi connectivity index (χ3v) is 6.66. The molecule has 4 N–H and O–H groups in total. The predicted molar refractivity (Wildman–Crippen MR) is 144 cm³/mol. The van der Waals surface area contributed by atoms with Gasteiger partial charge in [0.1, 0.15) is 17.8 Å². The molecule has 1 aliphatic heterocycles. The van der Waals surface area contributed by atoms with E-state index in [1.807, 2.05) is 17.6 Å². The van der Waals surface area contributed by atoms with Crippen LogP contribution in [0.5, 0.6) is 0 Å². The fraction of sp³-hybridized carbons (Fsp3) is 0.360. The Labute approximate surface area is 209 Å². The highest BCUT2D eigenvalue weighted by molar-refractivity contribution is 7.16. The number of fused-ring (bicyclic) bond motifs is 2. The van der Waals surface area contributed by atoms with E-state index in [1.165, 1.54) is 12.0 Å². The molecule has 0 fully saturated rings. The Bertz CT molecular complexity index is 1290. The van der Waals surface area contributed by atoms with E-state index in [9.17, 15) is 4.79 Å². The van der Waals surface area contributed by atoms with E-state index in [0.717, 1.165) is 77.5 Å². The normalized spacial score (nSPS) is 13.6. The van der Waals surface area contributed by atoms with Crippen molar-refractivity contribution in [3.8, 4) is 0 Å². The summed E-state index contributed by atoms with van der Waals surface area (Å²) in [5.41, 5.74) is 12.1. The van der Waals surface area contributed by atoms with Crippen LogP contribution in [0.2, 0.25) is 0 Å². The van der Waals surface area contributed by atoms with Crippen LogP contribution < -0.4 is 11.1 Å². The van der Waals surface area contributed by atoms with Crippen LogP contribution in [-0.2, 0) is 4.79 Å². The summed E-state index contributed by atoms with van der Waals surface area (Å²) in [6.45, 7) is 6.50. The molecule has 10 heteroatoms. The maximum atomic E-state index is 10.9. The van der Waals surface area contributed by atoms with Crippen LogP contribution in [-0.4, -0.2) is 75.9 Å². The van der Waals surface area contributed by atoms with Crippen molar-refractivity contribution in [1.29, 1.82) is 0 Å². The molecule has 0 aliphatic carbocycles. The number of amides is 1. The molecule has 1 aromatic carbocycles. The molecule has 184 valence electrons. The number of aromatic nitrogens is 4. The Hall–Kier alpha value is -3.34. The molecule has 0 saturated carbocycles. The van der Waals surface area contributed by atoms with E-state index in [4.69, 9.17) is 5.73 Å². The summed E-state index contributed by atoms with van der Waals surface area (Å²) in [7, 11) is 2.09. The van der Waals surface area contributed by atoms with Crippen LogP contribution in [0.1, 0.15) is 25.5 Å². The van der Waals surface area contributed by atoms with Crippen molar-refractivity contribution in [3.63, 3.8) is 0 Å². The molecule has 1 aliphatic rings. The highest BCUT2D eigenvalue weighted by Gasteiger charge is 2.15. The van der Waals surface area contributed by atoms with Crippen molar-refractivity contribution in [2.24, 2.45) is 5.73 Å². The molecule has 5 rings (SSSR count). The minimum atomic E-state index is 0.639. The zero-order valence-electron chi connectivity index (χ0n) is 20.2. The monoisotopic (exact) mass is 492 g/mol. The van der Waals surface area contributed by atoms with Gasteiger partial charge in [-0.25, -0.2) is 15.0 Å². The second kappa shape index (κ2) is 11.9. The van der Waals surface area contributed by atoms with Gasteiger partial charge < -0.3 is 25.8 Å². The zero-order valence-corrected chi connectivity index (χ0v) is 21.0. The van der Waals surface area contributed by atoms with Gasteiger partial charge in [-0.3, -0.25) is 4.79 Å². The van der Waals surface area contributed by atoms with Crippen LogP contribution >= 0.6 is 11.3 Å². The van der Waals surface area contributed by atoms with Gasteiger partial charge >= 0.3 is 0 Å². The number of nitrogens with zero attached hydrogens (tertiary/aromatic N) is 5. The van der Waals surface area contributed by atoms with Gasteiger partial charge in [0.15, 0.2) is 0 Å². The lowest BCUT2D eigenvalue weighted by Crippen LogP contribution is -2.26. The molecular formula is C25H32N8OS. The van der Waals surface area contributed by atoms with Gasteiger partial charge in [0.2, 0.25) is 6.41 Å². The average Bonchev–Trinajstić information content (AvgIpc) is 3.52. The van der Waals surface area contributed by atoms with Crippen LogP contribution in [0.25, 0.3) is 26.8 Å². The van der Waals surface area contributed by atoms with Crippen molar-refractivity contribution in [3.05, 3.63) is 47.9 Å². The largest absolute Gasteiger partial charge is 0.341 e. The number of hydrogen-bond donors (Lipinski definition) is 3. The minimum Gasteiger partial charge on any atom is -0.341 e. The Morgan fingerprint density at radius 2 is 2.14 bits per heavy atom. The number of anilines is 2. The van der Waals surface area contributed by atoms with E-state index in [-0.39, 0.29) is 0 Å². The SMILES string of the molecule is CCCN(C)CCN.O=CN1CC=C(c2cc3c(Nc4ccc5ncsc5c4)ncnc3[nH]2)CC1. The molecule has 35 heavy (non-hydrogen) atoms. The van der Waals surface area contributed by atoms with Crippen LogP contribution in [0.4, 0.5) is 11.5 Å². The van der Waals surface area contributed by atoms with Gasteiger partial charge in [0, 0.05) is 37.6 Å². The number of thiazole rings is 1. The Morgan fingerprint density at radius 3 is 2.89 bits per heavy atom. The number of nitrogens with two attached hydrogens (primary N) is 1. The smallest absolute Gasteiger partial charge is 0.209 e. The van der Waals surface area contributed by atoms with E-state index in [1.54, 1.807) is 22.6 Å². The van der Waals surface area contributed by atoms with Crippen molar-refractivity contribution < 1.29 is 4.79 Å². The maximum Gasteiger partial charge on any atom is 0.209 e. The minimum absolute atomic E-state index is 0.639. The zero-order chi connectivity index (χ0) is 24.6. The highest BCUT2D eigenvalue weighted by atomic mass is 32.1. The fourth-order valence-corrected chi connectivity index (χ4v) is 4.74. The third kappa shape index (κ3) is 6.21. The second-order valence-electron chi connectivity index (χ2n) is 8.50. The molecule has 0 spiro atoms. The number of H-pyrrole nitrogens is 1. The number of rotatable bonds is 8. The van der Waals surface area contributed by atoms with Crippen LogP contribution in [0.15, 0.2) is 42.2 Å². The molecule has 0 atom stereocenters. The van der Waals surface area contributed by atoms with Gasteiger partial charge in [0.05, 0.1) is 21.1 Å². The molecule has 9 nitrogen and oxygen atoms in total. The maximum absolute atomic E-state index is 10.9. The first-order chi connectivity index (χ1) is 17.1. The number of carbonyl (C=O) groups excluding carboxylic acids is 1. The number of nitrogens with one attached hydrogen (secondary N) is 2. The summed E-state index contributed by atoms with van der Waals surface area (Å²) in [6, 6.07) is 8.15. The topological polar surface area (TPSA) is 116 Å². The number of benzene rings is 1. The van der Waals surface area contributed by atoms with Gasteiger partial charge in [-0.1, -0.05) is 13.0 Å². The molecule has 0 bridgehead atoms. The number of aromatic amines is 1. The standard InChI is InChI=1S/C19H16N6OS.C6H16N2/c26-11-25-5-3-12(4-6-25)16-8-14-18(20-9-21-19(14)24-16)23-13-1-2-15-17(7-13)27-10-22-15;1-3-5-8(2)6-4-7/h1-3,7-11H,4-6H2,(H2,20,21,23,24);3-7H2,1-2H3. The average molecular weight is 493 g/mol. The van der Waals surface area contributed by atoms with E-state index in [0.29, 0.717) is 6.54 Å². The summed E-state index contributed by atoms with van der Waals surface area (Å²) in [6.07, 6.45) is 6.58. The van der Waals surface area contributed by atoms with Gasteiger partial charge in [0.25, 0.3) is 0 Å². The van der Waals surface area contributed by atoms with Crippen LogP contribution in [0.3, 0.4) is 0 Å². The van der Waals surface area contributed by atoms with Gasteiger partial charge in [-0.05, 0) is 56.3 Å². The second-order valence-corrected chi connectivity index (χ2v) is 9.39. The number of hydrogen-bond acceptors (Lipinski definition) is 8. The molecule has 4 aromatic rings. The lowest BCUT2D eigenvalue weighted by molar-refractivity contribution is -0.117. The fourth-order valence-electron chi connectivity index (χ4n) is 4.02. The molecule has 0 saturated heterocycles. The number of carbonyl (C=O) groups is 1. The van der Waals surface area contributed by atoms with E-state index < -0.39 is 0 Å². The summed E-state index contributed by atoms with van der Waals surface area (Å²) >= 11 is 1.61. The summed E-state index contributed by atoms with van der Waals surface area (Å²) in [5.74, 6) is 0.761.